The quantitative estimate of drug-likeness (QED) is 0.260. The molecule has 1 unspecified atom stereocenters. The number of rotatable bonds is 4. The van der Waals surface area contributed by atoms with Gasteiger partial charge in [0.25, 0.3) is 0 Å². The predicted molar refractivity (Wildman–Crippen MR) is 47.8 cm³/mol. The van der Waals surface area contributed by atoms with E-state index in [1.165, 1.54) is 0 Å². The molecule has 0 aliphatic rings. The van der Waals surface area contributed by atoms with Gasteiger partial charge in [-0.15, -0.1) is 0 Å². The standard InChI is InChI=1S/C5H15NO2P.Ca.2H/c1-6(2,3)4-5-8-9-7;;;/h4-5,9H2,1-3H3;;;/q+1;;;. The average Bonchev–Trinajstić information content (AvgIpc) is 1.63. The maximum absolute atomic E-state index is 9.87. The molecule has 10 heavy (non-hydrogen) atoms. The summed E-state index contributed by atoms with van der Waals surface area (Å²) in [6.07, 6.45) is 0. The first kappa shape index (κ1) is 14.0. The molecule has 0 saturated carbocycles. The molecular formula is C5H17CaNO2P+. The normalized spacial score (nSPS) is 11.9. The van der Waals surface area contributed by atoms with Crippen molar-refractivity contribution in [1.82, 2.24) is 0 Å². The number of likely N-dealkylation sites (N-methyl/N-ethyl adjacent to an activating group) is 1. The van der Waals surface area contributed by atoms with E-state index < -0.39 is 8.69 Å². The Morgan fingerprint density at radius 1 is 1.40 bits per heavy atom. The molecule has 0 saturated heterocycles. The third-order valence-corrected chi connectivity index (χ3v) is 1.32. The maximum atomic E-state index is 9.87. The van der Waals surface area contributed by atoms with Crippen LogP contribution >= 0.6 is 8.69 Å². The molecule has 0 bridgehead atoms. The van der Waals surface area contributed by atoms with Crippen molar-refractivity contribution in [2.45, 2.75) is 0 Å². The number of hydrogen-bond donors (Lipinski definition) is 0. The van der Waals surface area contributed by atoms with Crippen molar-refractivity contribution < 1.29 is 13.6 Å². The van der Waals surface area contributed by atoms with Crippen LogP contribution in [0.2, 0.25) is 0 Å². The molecule has 0 aromatic heterocycles. The fourth-order valence-corrected chi connectivity index (χ4v) is 0.576. The van der Waals surface area contributed by atoms with E-state index in [1.54, 1.807) is 0 Å². The molecule has 0 fully saturated rings. The zero-order valence-corrected chi connectivity index (χ0v) is 7.41. The molecule has 0 aromatic rings. The molecule has 0 aliphatic carbocycles. The Bertz CT molecular complexity index is 94.1. The summed E-state index contributed by atoms with van der Waals surface area (Å²) in [6, 6.07) is 0. The average molecular weight is 194 g/mol. The van der Waals surface area contributed by atoms with Crippen LogP contribution in [0.3, 0.4) is 0 Å². The van der Waals surface area contributed by atoms with E-state index in [4.69, 9.17) is 4.52 Å². The molecule has 0 spiro atoms. The zero-order valence-electron chi connectivity index (χ0n) is 6.26. The van der Waals surface area contributed by atoms with Crippen LogP contribution in [0.4, 0.5) is 0 Å². The third-order valence-electron chi connectivity index (χ3n) is 0.948. The van der Waals surface area contributed by atoms with Crippen molar-refractivity contribution in [3.63, 3.8) is 0 Å². The molecule has 0 heterocycles. The van der Waals surface area contributed by atoms with E-state index in [0.29, 0.717) is 6.61 Å². The second kappa shape index (κ2) is 7.08. The van der Waals surface area contributed by atoms with Crippen molar-refractivity contribution in [3.05, 3.63) is 0 Å². The van der Waals surface area contributed by atoms with Crippen LogP contribution < -0.4 is 0 Å². The van der Waals surface area contributed by atoms with Gasteiger partial charge in [0.2, 0.25) is 0 Å². The van der Waals surface area contributed by atoms with Crippen LogP contribution in [-0.2, 0) is 9.09 Å². The molecular weight excluding hydrogens is 177 g/mol. The van der Waals surface area contributed by atoms with E-state index in [9.17, 15) is 4.57 Å². The van der Waals surface area contributed by atoms with Gasteiger partial charge in [-0.1, -0.05) is 0 Å². The van der Waals surface area contributed by atoms with E-state index in [-0.39, 0.29) is 37.7 Å². The van der Waals surface area contributed by atoms with E-state index >= 15 is 0 Å². The summed E-state index contributed by atoms with van der Waals surface area (Å²) in [5, 5.41) is 0. The molecule has 0 rings (SSSR count). The van der Waals surface area contributed by atoms with Gasteiger partial charge in [0.05, 0.1) is 21.1 Å². The summed E-state index contributed by atoms with van der Waals surface area (Å²) in [5.41, 5.74) is 0. The van der Waals surface area contributed by atoms with Crippen molar-refractivity contribution in [2.75, 3.05) is 34.3 Å². The van der Waals surface area contributed by atoms with Crippen molar-refractivity contribution in [2.24, 2.45) is 0 Å². The van der Waals surface area contributed by atoms with Crippen LogP contribution in [0, 0.1) is 0 Å². The van der Waals surface area contributed by atoms with Gasteiger partial charge in [-0.05, 0) is 0 Å². The Morgan fingerprint density at radius 2 is 1.90 bits per heavy atom. The molecule has 1 atom stereocenters. The zero-order chi connectivity index (χ0) is 7.33. The predicted octanol–water partition coefficient (Wildman–Crippen LogP) is -0.536. The Balaban J connectivity index is 0. The van der Waals surface area contributed by atoms with Gasteiger partial charge in [-0.25, -0.2) is 0 Å². The van der Waals surface area contributed by atoms with Gasteiger partial charge < -0.3 is 9.01 Å². The van der Waals surface area contributed by atoms with E-state index in [2.05, 4.69) is 21.1 Å². The first-order valence-corrected chi connectivity index (χ1v) is 3.86. The Hall–Kier alpha value is 1.41. The minimum atomic E-state index is -1.02. The molecule has 0 aromatic carbocycles. The molecule has 0 radical (unpaired) electrons. The second-order valence-electron chi connectivity index (χ2n) is 2.98. The first-order valence-electron chi connectivity index (χ1n) is 2.92. The molecule has 0 amide bonds. The first-order chi connectivity index (χ1) is 4.06. The summed E-state index contributed by atoms with van der Waals surface area (Å²) in [4.78, 5) is 0. The minimum absolute atomic E-state index is 0. The van der Waals surface area contributed by atoms with Gasteiger partial charge in [0, 0.05) is 0 Å². The van der Waals surface area contributed by atoms with Crippen molar-refractivity contribution in [1.29, 1.82) is 0 Å². The van der Waals surface area contributed by atoms with Crippen LogP contribution in [0.25, 0.3) is 0 Å². The Morgan fingerprint density at radius 3 is 2.20 bits per heavy atom. The Kier molecular flexibility index (Phi) is 9.89. The van der Waals surface area contributed by atoms with Crippen LogP contribution in [0.1, 0.15) is 0 Å². The van der Waals surface area contributed by atoms with Gasteiger partial charge in [-0.3, -0.25) is 4.57 Å². The third kappa shape index (κ3) is 12.1. The fourth-order valence-electron chi connectivity index (χ4n) is 0.375. The number of quaternary nitrogens is 1. The SMILES string of the molecule is C[N+](C)(C)CCO[PH2]=O.[CaH2]. The van der Waals surface area contributed by atoms with Crippen molar-refractivity contribution >= 4 is 46.4 Å². The summed E-state index contributed by atoms with van der Waals surface area (Å²) in [7, 11) is 5.20. The Labute approximate surface area is 93.6 Å². The number of hydrogen-bond acceptors (Lipinski definition) is 2. The molecule has 0 aliphatic heterocycles. The van der Waals surface area contributed by atoms with Crippen LogP contribution in [-0.4, -0.2) is 76.5 Å². The molecule has 3 nitrogen and oxygen atoms in total. The van der Waals surface area contributed by atoms with Gasteiger partial charge in [0.15, 0.2) is 8.69 Å². The monoisotopic (exact) mass is 194 g/mol. The number of nitrogens with zero attached hydrogens (tertiary/aromatic N) is 1. The van der Waals surface area contributed by atoms with Gasteiger partial charge >= 0.3 is 37.7 Å². The summed E-state index contributed by atoms with van der Waals surface area (Å²) in [5.74, 6) is 0. The van der Waals surface area contributed by atoms with Crippen molar-refractivity contribution in [3.8, 4) is 0 Å². The van der Waals surface area contributed by atoms with Crippen LogP contribution in [0.15, 0.2) is 0 Å². The van der Waals surface area contributed by atoms with Gasteiger partial charge in [0.1, 0.15) is 13.2 Å². The van der Waals surface area contributed by atoms with E-state index in [0.717, 1.165) is 11.0 Å². The molecule has 5 heteroatoms. The second-order valence-corrected chi connectivity index (χ2v) is 3.51. The molecule has 60 valence electrons. The molecule has 0 N–H and O–H groups in total. The fraction of sp³-hybridized carbons (Fsp3) is 1.00. The van der Waals surface area contributed by atoms with Crippen LogP contribution in [0.5, 0.6) is 0 Å². The summed E-state index contributed by atoms with van der Waals surface area (Å²) >= 11 is 0. The van der Waals surface area contributed by atoms with Gasteiger partial charge in [-0.2, -0.15) is 0 Å². The topological polar surface area (TPSA) is 26.3 Å². The summed E-state index contributed by atoms with van der Waals surface area (Å²) in [6.45, 7) is 1.51. The summed E-state index contributed by atoms with van der Waals surface area (Å²) < 4.78 is 15.5. The van der Waals surface area contributed by atoms with E-state index in [1.807, 2.05) is 0 Å².